The highest BCUT2D eigenvalue weighted by atomic mass is 16.6. The lowest BCUT2D eigenvalue weighted by atomic mass is 9.77. The molecule has 2 heterocycles. The molecule has 0 amide bonds. The quantitative estimate of drug-likeness (QED) is 0.465. The SMILES string of the molecule is NOCc1ccc2c(c1)C(=O)OC21c2ccc(O)cc2Oc2cc(O)ccc21. The first-order valence-electron chi connectivity index (χ1n) is 8.56. The molecule has 7 nitrogen and oxygen atoms in total. The van der Waals surface area contributed by atoms with Crippen LogP contribution in [0.5, 0.6) is 23.0 Å². The summed E-state index contributed by atoms with van der Waals surface area (Å²) in [6, 6.07) is 14.6. The number of hydrogen-bond acceptors (Lipinski definition) is 7. The zero-order valence-electron chi connectivity index (χ0n) is 14.5. The van der Waals surface area contributed by atoms with Gasteiger partial charge in [0.2, 0.25) is 0 Å². The molecule has 3 aromatic rings. The van der Waals surface area contributed by atoms with E-state index in [4.69, 9.17) is 15.4 Å². The second-order valence-electron chi connectivity index (χ2n) is 6.72. The third-order valence-corrected chi connectivity index (χ3v) is 5.09. The van der Waals surface area contributed by atoms with E-state index < -0.39 is 11.6 Å². The Balaban J connectivity index is 1.83. The van der Waals surface area contributed by atoms with Crippen LogP contribution in [0.25, 0.3) is 0 Å². The molecule has 3 aromatic carbocycles. The van der Waals surface area contributed by atoms with Crippen LogP contribution in [0, 0.1) is 0 Å². The fourth-order valence-corrected chi connectivity index (χ4v) is 3.94. The lowest BCUT2D eigenvalue weighted by Crippen LogP contribution is -2.32. The number of benzene rings is 3. The number of carbonyl (C=O) groups is 1. The van der Waals surface area contributed by atoms with Gasteiger partial charge in [0.25, 0.3) is 0 Å². The first-order valence-corrected chi connectivity index (χ1v) is 8.56. The molecule has 0 saturated heterocycles. The van der Waals surface area contributed by atoms with Gasteiger partial charge in [-0.05, 0) is 35.9 Å². The zero-order valence-corrected chi connectivity index (χ0v) is 14.5. The van der Waals surface area contributed by atoms with Crippen LogP contribution >= 0.6 is 0 Å². The van der Waals surface area contributed by atoms with Crippen molar-refractivity contribution in [2.75, 3.05) is 0 Å². The number of phenolic OH excluding ortho intramolecular Hbond substituents is 2. The topological polar surface area (TPSA) is 111 Å². The molecule has 5 rings (SSSR count). The standard InChI is InChI=1S/C21H15NO6/c22-26-10-11-1-4-15-14(7-11)20(25)28-21(15)16-5-2-12(23)8-18(16)27-19-9-13(24)3-6-17(19)21/h1-9,23-24H,10,22H2. The normalized spacial score (nSPS) is 15.4. The van der Waals surface area contributed by atoms with Crippen LogP contribution < -0.4 is 10.6 Å². The Morgan fingerprint density at radius 3 is 2.11 bits per heavy atom. The average molecular weight is 377 g/mol. The lowest BCUT2D eigenvalue weighted by Gasteiger charge is -2.36. The summed E-state index contributed by atoms with van der Waals surface area (Å²) in [5, 5.41) is 19.8. The molecule has 0 saturated carbocycles. The Morgan fingerprint density at radius 2 is 1.50 bits per heavy atom. The molecule has 28 heavy (non-hydrogen) atoms. The Morgan fingerprint density at radius 1 is 0.893 bits per heavy atom. The van der Waals surface area contributed by atoms with E-state index in [9.17, 15) is 15.0 Å². The molecular weight excluding hydrogens is 362 g/mol. The summed E-state index contributed by atoms with van der Waals surface area (Å²) in [6.45, 7) is 0.158. The smallest absolute Gasteiger partial charge is 0.340 e. The van der Waals surface area contributed by atoms with Gasteiger partial charge < -0.3 is 19.7 Å². The van der Waals surface area contributed by atoms with E-state index in [1.54, 1.807) is 24.3 Å². The van der Waals surface area contributed by atoms with Crippen molar-refractivity contribution in [1.29, 1.82) is 0 Å². The predicted molar refractivity (Wildman–Crippen MR) is 97.0 cm³/mol. The maximum atomic E-state index is 12.8. The highest BCUT2D eigenvalue weighted by Gasteiger charge is 2.53. The molecule has 0 aliphatic carbocycles. The number of esters is 1. The molecule has 2 aliphatic heterocycles. The first-order chi connectivity index (χ1) is 13.5. The van der Waals surface area contributed by atoms with E-state index in [1.807, 2.05) is 6.07 Å². The summed E-state index contributed by atoms with van der Waals surface area (Å²) in [6.07, 6.45) is 0. The van der Waals surface area contributed by atoms with Crippen LogP contribution in [0.3, 0.4) is 0 Å². The molecule has 2 aliphatic rings. The van der Waals surface area contributed by atoms with Gasteiger partial charge in [-0.3, -0.25) is 4.84 Å². The number of aromatic hydroxyl groups is 2. The number of ether oxygens (including phenoxy) is 2. The van der Waals surface area contributed by atoms with Crippen molar-refractivity contribution in [3.63, 3.8) is 0 Å². The average Bonchev–Trinajstić information content (AvgIpc) is 2.94. The molecule has 0 unspecified atom stereocenters. The van der Waals surface area contributed by atoms with Crippen molar-refractivity contribution in [2.45, 2.75) is 12.2 Å². The van der Waals surface area contributed by atoms with Crippen LogP contribution in [-0.4, -0.2) is 16.2 Å². The number of phenols is 2. The third kappa shape index (κ3) is 2.14. The summed E-state index contributed by atoms with van der Waals surface area (Å²) >= 11 is 0. The van der Waals surface area contributed by atoms with Gasteiger partial charge in [-0.15, -0.1) is 0 Å². The van der Waals surface area contributed by atoms with Gasteiger partial charge in [0.1, 0.15) is 23.0 Å². The Bertz CT molecular complexity index is 1090. The molecule has 4 N–H and O–H groups in total. The highest BCUT2D eigenvalue weighted by molar-refractivity contribution is 5.97. The number of nitrogens with two attached hydrogens (primary N) is 1. The van der Waals surface area contributed by atoms with Gasteiger partial charge in [-0.1, -0.05) is 12.1 Å². The molecule has 0 aromatic heterocycles. The largest absolute Gasteiger partial charge is 0.508 e. The summed E-state index contributed by atoms with van der Waals surface area (Å²) in [5.74, 6) is 5.36. The van der Waals surface area contributed by atoms with Gasteiger partial charge in [0.15, 0.2) is 5.60 Å². The van der Waals surface area contributed by atoms with E-state index in [0.717, 1.165) is 5.56 Å². The Hall–Kier alpha value is -3.55. The van der Waals surface area contributed by atoms with Crippen LogP contribution in [0.4, 0.5) is 0 Å². The number of hydrogen-bond donors (Lipinski definition) is 3. The second-order valence-corrected chi connectivity index (χ2v) is 6.72. The minimum atomic E-state index is -1.25. The molecule has 140 valence electrons. The summed E-state index contributed by atoms with van der Waals surface area (Å²) < 4.78 is 11.9. The molecule has 7 heteroatoms. The lowest BCUT2D eigenvalue weighted by molar-refractivity contribution is 0.0224. The Labute approximate surface area is 159 Å². The van der Waals surface area contributed by atoms with E-state index in [1.165, 1.54) is 24.3 Å². The fraction of sp³-hybridized carbons (Fsp3) is 0.0952. The van der Waals surface area contributed by atoms with Crippen LogP contribution in [0.1, 0.15) is 32.6 Å². The number of carbonyl (C=O) groups excluding carboxylic acids is 1. The summed E-state index contributed by atoms with van der Waals surface area (Å²) in [7, 11) is 0. The third-order valence-electron chi connectivity index (χ3n) is 5.09. The molecular formula is C21H15NO6. The first kappa shape index (κ1) is 16.6. The fourth-order valence-electron chi connectivity index (χ4n) is 3.94. The van der Waals surface area contributed by atoms with E-state index >= 15 is 0 Å². The van der Waals surface area contributed by atoms with Crippen molar-refractivity contribution in [3.05, 3.63) is 82.4 Å². The van der Waals surface area contributed by atoms with E-state index in [2.05, 4.69) is 4.84 Å². The van der Waals surface area contributed by atoms with E-state index in [-0.39, 0.29) is 18.1 Å². The summed E-state index contributed by atoms with van der Waals surface area (Å²) in [4.78, 5) is 17.5. The maximum absolute atomic E-state index is 12.8. The Kier molecular flexibility index (Phi) is 3.39. The highest BCUT2D eigenvalue weighted by Crippen LogP contribution is 2.57. The second kappa shape index (κ2) is 5.72. The maximum Gasteiger partial charge on any atom is 0.340 e. The molecule has 0 atom stereocenters. The van der Waals surface area contributed by atoms with Crippen LogP contribution in [-0.2, 0) is 21.8 Å². The van der Waals surface area contributed by atoms with Gasteiger partial charge in [0.05, 0.1) is 12.2 Å². The van der Waals surface area contributed by atoms with Crippen molar-refractivity contribution < 1.29 is 29.3 Å². The number of fused-ring (bicyclic) bond motifs is 6. The van der Waals surface area contributed by atoms with Gasteiger partial charge >= 0.3 is 5.97 Å². The monoisotopic (exact) mass is 377 g/mol. The molecule has 0 radical (unpaired) electrons. The van der Waals surface area contributed by atoms with Crippen molar-refractivity contribution >= 4 is 5.97 Å². The van der Waals surface area contributed by atoms with Crippen molar-refractivity contribution in [2.24, 2.45) is 5.90 Å². The minimum absolute atomic E-state index is 0.0116. The predicted octanol–water partition coefficient (Wildman–Crippen LogP) is 3.06. The van der Waals surface area contributed by atoms with Gasteiger partial charge in [-0.2, -0.15) is 0 Å². The molecule has 0 fully saturated rings. The van der Waals surface area contributed by atoms with E-state index in [0.29, 0.717) is 33.8 Å². The van der Waals surface area contributed by atoms with Crippen LogP contribution in [0.15, 0.2) is 54.6 Å². The molecule has 1 spiro atoms. The number of rotatable bonds is 2. The zero-order chi connectivity index (χ0) is 19.5. The minimum Gasteiger partial charge on any atom is -0.508 e. The molecule has 0 bridgehead atoms. The summed E-state index contributed by atoms with van der Waals surface area (Å²) in [5.41, 5.74) is 1.68. The van der Waals surface area contributed by atoms with Crippen LogP contribution in [0.2, 0.25) is 0 Å². The van der Waals surface area contributed by atoms with Crippen molar-refractivity contribution in [3.8, 4) is 23.0 Å². The van der Waals surface area contributed by atoms with Gasteiger partial charge in [0, 0.05) is 28.8 Å². The van der Waals surface area contributed by atoms with Crippen molar-refractivity contribution in [1.82, 2.24) is 0 Å². The van der Waals surface area contributed by atoms with Gasteiger partial charge in [-0.25, -0.2) is 10.7 Å².